The van der Waals surface area contributed by atoms with E-state index in [0.717, 1.165) is 25.7 Å². The summed E-state index contributed by atoms with van der Waals surface area (Å²) in [5.41, 5.74) is 7.39. The molecule has 2 saturated heterocycles. The third kappa shape index (κ3) is 12.5. The summed E-state index contributed by atoms with van der Waals surface area (Å²) in [4.78, 5) is 57.7. The van der Waals surface area contributed by atoms with Gasteiger partial charge in [-0.05, 0) is 62.1 Å². The molecule has 4 aromatic carbocycles. The minimum absolute atomic E-state index is 0.00601. The summed E-state index contributed by atoms with van der Waals surface area (Å²) >= 11 is 11.9. The van der Waals surface area contributed by atoms with E-state index in [4.69, 9.17) is 53.1 Å². The lowest BCUT2D eigenvalue weighted by Crippen LogP contribution is -2.45. The number of fused-ring (bicyclic) bond motifs is 2. The predicted molar refractivity (Wildman–Crippen MR) is 280 cm³/mol. The Bertz CT molecular complexity index is 3540. The molecule has 0 spiro atoms. The monoisotopic (exact) mass is 1090 g/mol. The van der Waals surface area contributed by atoms with Gasteiger partial charge in [-0.25, -0.2) is 28.7 Å². The fraction of sp³-hybridized carbons (Fsp3) is 0.269. The molecule has 21 nitrogen and oxygen atoms in total. The van der Waals surface area contributed by atoms with Crippen LogP contribution >= 0.6 is 23.2 Å². The first-order valence-corrected chi connectivity index (χ1v) is 24.7. The van der Waals surface area contributed by atoms with Gasteiger partial charge in [0.2, 0.25) is 11.8 Å². The summed E-state index contributed by atoms with van der Waals surface area (Å²) in [6, 6.07) is 18.2. The fourth-order valence-corrected chi connectivity index (χ4v) is 9.08. The molecule has 6 heterocycles. The number of carbonyl (C=O) groups excluding carboxylic acids is 3. The number of methoxy groups -OCH3 is 2. The number of hydrogen-bond acceptors (Lipinski definition) is 16. The van der Waals surface area contributed by atoms with Gasteiger partial charge in [0.05, 0.1) is 83.3 Å². The second-order valence-corrected chi connectivity index (χ2v) is 18.5. The van der Waals surface area contributed by atoms with Crippen molar-refractivity contribution in [1.82, 2.24) is 49.3 Å². The number of anilines is 4. The number of carbonyl (C=O) groups is 3. The molecule has 25 heteroatoms. The highest BCUT2D eigenvalue weighted by Crippen LogP contribution is 2.39. The summed E-state index contributed by atoms with van der Waals surface area (Å²) in [7, 11) is 3.06. The highest BCUT2D eigenvalue weighted by Gasteiger charge is 2.29. The topological polar surface area (TPSA) is 256 Å². The number of benzene rings is 4. The summed E-state index contributed by atoms with van der Waals surface area (Å²) in [6.07, 6.45) is 10.9. The Morgan fingerprint density at radius 2 is 1.18 bits per heavy atom. The average Bonchev–Trinajstić information content (AvgIpc) is 4.13. The van der Waals surface area contributed by atoms with Crippen molar-refractivity contribution < 1.29 is 42.1 Å². The number of rotatable bonds is 15. The van der Waals surface area contributed by atoms with Crippen molar-refractivity contribution in [3.63, 3.8) is 0 Å². The number of halogens is 4. The lowest BCUT2D eigenvalue weighted by molar-refractivity contribution is -0.135. The number of likely N-dealkylation sites (tertiary alicyclic amines) is 2. The largest absolute Gasteiger partial charge is 0.493 e. The molecule has 10 rings (SSSR count). The second-order valence-electron chi connectivity index (χ2n) is 17.7. The van der Waals surface area contributed by atoms with E-state index in [1.807, 2.05) is 6.07 Å². The third-order valence-corrected chi connectivity index (χ3v) is 13.2. The molecule has 0 bridgehead atoms. The molecular formula is C52H48Cl2F2N14O7. The van der Waals surface area contributed by atoms with Crippen LogP contribution in [0.5, 0.6) is 23.0 Å². The molecular weight excluding hydrogens is 1040 g/mol. The number of amides is 3. The maximum atomic E-state index is 14.5. The molecule has 0 unspecified atom stereocenters. The van der Waals surface area contributed by atoms with Crippen LogP contribution in [0.4, 0.5) is 31.8 Å². The van der Waals surface area contributed by atoms with Gasteiger partial charge in [-0.15, -0.1) is 0 Å². The molecule has 0 saturated carbocycles. The first-order valence-electron chi connectivity index (χ1n) is 24.0. The molecule has 77 heavy (non-hydrogen) atoms. The highest BCUT2D eigenvalue weighted by molar-refractivity contribution is 6.31. The number of nitrogens with one attached hydrogen (secondary N) is 2. The minimum Gasteiger partial charge on any atom is -0.493 e. The normalized spacial score (nSPS) is 15.2. The van der Waals surface area contributed by atoms with Crippen molar-refractivity contribution in [1.29, 1.82) is 5.26 Å². The maximum absolute atomic E-state index is 14.5. The van der Waals surface area contributed by atoms with E-state index >= 15 is 0 Å². The van der Waals surface area contributed by atoms with Gasteiger partial charge >= 0.3 is 0 Å². The lowest BCUT2D eigenvalue weighted by atomic mass is 10.1. The van der Waals surface area contributed by atoms with Gasteiger partial charge in [-0.3, -0.25) is 23.7 Å². The Labute approximate surface area is 448 Å². The molecule has 2 aliphatic heterocycles. The summed E-state index contributed by atoms with van der Waals surface area (Å²) in [5, 5.41) is 24.2. The smallest absolute Gasteiger partial charge is 0.251 e. The number of ether oxygens (including phenoxy) is 4. The first kappa shape index (κ1) is 53.0. The van der Waals surface area contributed by atoms with E-state index in [1.54, 1.807) is 64.5 Å². The molecule has 0 radical (unpaired) electrons. The van der Waals surface area contributed by atoms with Crippen molar-refractivity contribution >= 4 is 85.7 Å². The van der Waals surface area contributed by atoms with E-state index in [-0.39, 0.29) is 64.1 Å². The quantitative estimate of drug-likeness (QED) is 0.0883. The van der Waals surface area contributed by atoms with E-state index in [2.05, 4.69) is 40.8 Å². The Kier molecular flexibility index (Phi) is 16.3. The van der Waals surface area contributed by atoms with Gasteiger partial charge in [-0.2, -0.15) is 15.5 Å². The number of hydrogen-bond donors (Lipinski definition) is 3. The number of aromatic nitrogens is 8. The molecule has 2 aliphatic rings. The SMILES string of the molecule is COc1cc2ncnc(Nc3cccc(Cl)c3F)c2cc1O[C@@H]1CCCN(C(=O)Cn2cc(C#N)cn2)C1.COc1cc2ncnc(Nc3cccc(Cl)c3F)c2cc1O[C@@H]1CCCN(C(=O)Cn2cc(C(N)=O)cn2)C1. The van der Waals surface area contributed by atoms with Crippen LogP contribution in [-0.2, 0) is 22.7 Å². The minimum atomic E-state index is -0.606. The van der Waals surface area contributed by atoms with E-state index in [9.17, 15) is 23.2 Å². The van der Waals surface area contributed by atoms with Gasteiger partial charge in [0.15, 0.2) is 34.6 Å². The third-order valence-electron chi connectivity index (χ3n) is 12.6. The Morgan fingerprint density at radius 1 is 0.701 bits per heavy atom. The van der Waals surface area contributed by atoms with Crippen LogP contribution in [0.1, 0.15) is 41.6 Å². The van der Waals surface area contributed by atoms with Gasteiger partial charge in [0.1, 0.15) is 55.7 Å². The Balaban J connectivity index is 0.000000188. The van der Waals surface area contributed by atoms with Crippen LogP contribution in [0.15, 0.2) is 98.1 Å². The zero-order valence-corrected chi connectivity index (χ0v) is 42.8. The maximum Gasteiger partial charge on any atom is 0.251 e. The summed E-state index contributed by atoms with van der Waals surface area (Å²) in [5.74, 6) is 0.507. The Hall–Kier alpha value is -8.88. The first-order chi connectivity index (χ1) is 37.3. The van der Waals surface area contributed by atoms with Crippen molar-refractivity contribution in [2.24, 2.45) is 5.73 Å². The number of nitrogens with two attached hydrogens (primary N) is 1. The van der Waals surface area contributed by atoms with Crippen molar-refractivity contribution in [2.45, 2.75) is 51.0 Å². The highest BCUT2D eigenvalue weighted by atomic mass is 35.5. The van der Waals surface area contributed by atoms with E-state index in [0.29, 0.717) is 88.2 Å². The van der Waals surface area contributed by atoms with E-state index < -0.39 is 17.5 Å². The summed E-state index contributed by atoms with van der Waals surface area (Å²) in [6.45, 7) is 1.94. The fourth-order valence-electron chi connectivity index (χ4n) is 8.73. The van der Waals surface area contributed by atoms with Gasteiger partial charge in [0, 0.05) is 48.4 Å². The Morgan fingerprint density at radius 3 is 1.62 bits per heavy atom. The van der Waals surface area contributed by atoms with Crippen LogP contribution < -0.4 is 35.3 Å². The predicted octanol–water partition coefficient (Wildman–Crippen LogP) is 7.85. The average molecular weight is 1090 g/mol. The van der Waals surface area contributed by atoms with Gasteiger partial charge < -0.3 is 45.1 Å². The van der Waals surface area contributed by atoms with E-state index in [1.165, 1.54) is 67.0 Å². The number of primary amides is 1. The molecule has 2 fully saturated rings. The van der Waals surface area contributed by atoms with Crippen molar-refractivity contribution in [3.8, 4) is 29.1 Å². The number of nitrogens with zero attached hydrogens (tertiary/aromatic N) is 11. The molecule has 396 valence electrons. The molecule has 4 N–H and O–H groups in total. The molecule has 3 amide bonds. The number of piperidine rings is 2. The van der Waals surface area contributed by atoms with Crippen LogP contribution in [0.3, 0.4) is 0 Å². The summed E-state index contributed by atoms with van der Waals surface area (Å²) < 4.78 is 55.6. The lowest BCUT2D eigenvalue weighted by Gasteiger charge is -2.33. The van der Waals surface area contributed by atoms with Crippen molar-refractivity contribution in [3.05, 3.63) is 131 Å². The van der Waals surface area contributed by atoms with Crippen molar-refractivity contribution in [2.75, 3.05) is 51.0 Å². The van der Waals surface area contributed by atoms with Crippen LogP contribution in [0, 0.1) is 23.0 Å². The molecule has 4 aromatic heterocycles. The zero-order chi connectivity index (χ0) is 54.2. The zero-order valence-electron chi connectivity index (χ0n) is 41.3. The number of nitriles is 1. The van der Waals surface area contributed by atoms with Crippen LogP contribution in [0.2, 0.25) is 10.0 Å². The van der Waals surface area contributed by atoms with Gasteiger partial charge in [-0.1, -0.05) is 35.3 Å². The standard InChI is InChI=1S/C26H25ClFN7O4.C26H23ClFN7O3/c1-38-21-9-20-17(26(31-14-30-20)33-19-6-2-5-18(27)24(19)28)8-22(21)39-16-4-3-7-34(12-16)23(36)13-35-11-15(10-32-35)25(29)37;1-37-22-9-21-18(26(31-15-30-21)33-20-6-2-5-19(27)25(20)28)8-23(22)38-17-4-3-7-34(13-17)24(36)14-35-12-16(10-29)11-32-35/h2,5-6,8-11,14,16H,3-4,7,12-13H2,1H3,(H2,29,37)(H,30,31,33);2,5-6,8-9,11-12,15,17H,3-4,7,13-14H2,1H3,(H,30,31,33)/t16-;17-/m11/s1. The van der Waals surface area contributed by atoms with Gasteiger partial charge in [0.25, 0.3) is 5.91 Å². The molecule has 8 aromatic rings. The second kappa shape index (κ2) is 23.8. The van der Waals surface area contributed by atoms with Crippen LogP contribution in [0.25, 0.3) is 21.8 Å². The molecule has 2 atom stereocenters. The van der Waals surface area contributed by atoms with Crippen LogP contribution in [-0.4, -0.2) is 120 Å². The molecule has 0 aliphatic carbocycles.